The Hall–Kier alpha value is -2.49. The van der Waals surface area contributed by atoms with E-state index in [9.17, 15) is 17.6 Å². The summed E-state index contributed by atoms with van der Waals surface area (Å²) in [6.45, 7) is 3.22. The fourth-order valence-electron chi connectivity index (χ4n) is 3.33. The number of hydrogen-bond acceptors (Lipinski definition) is 5. The topological polar surface area (TPSA) is 84.9 Å². The second kappa shape index (κ2) is 8.33. The Labute approximate surface area is 174 Å². The minimum absolute atomic E-state index is 0.0648. The second-order valence-corrected chi connectivity index (χ2v) is 9.48. The molecule has 2 aromatic rings. The van der Waals surface area contributed by atoms with Gasteiger partial charge in [0.2, 0.25) is 15.9 Å². The molecule has 0 radical (unpaired) electrons. The molecule has 1 N–H and O–H groups in total. The van der Waals surface area contributed by atoms with Gasteiger partial charge in [0.1, 0.15) is 11.6 Å². The van der Waals surface area contributed by atoms with E-state index >= 15 is 0 Å². The monoisotopic (exact) mass is 434 g/mol. The number of morpholine rings is 1. The summed E-state index contributed by atoms with van der Waals surface area (Å²) >= 11 is 0. The summed E-state index contributed by atoms with van der Waals surface area (Å²) in [4.78, 5) is 12.6. The lowest BCUT2D eigenvalue weighted by atomic mass is 10.2. The van der Waals surface area contributed by atoms with E-state index in [0.717, 1.165) is 6.42 Å². The summed E-state index contributed by atoms with van der Waals surface area (Å²) in [6, 6.07) is 9.80. The second-order valence-electron chi connectivity index (χ2n) is 7.54. The van der Waals surface area contributed by atoms with Gasteiger partial charge in [0.25, 0.3) is 0 Å². The molecule has 1 saturated carbocycles. The largest absolute Gasteiger partial charge is 0.455 e. The summed E-state index contributed by atoms with van der Waals surface area (Å²) < 4.78 is 51.6. The van der Waals surface area contributed by atoms with Crippen molar-refractivity contribution in [2.45, 2.75) is 18.2 Å². The SMILES string of the molecule is C[C@@H]1C[C@H]1C(=O)Nc1cc(S(=O)(=O)N2CCOCC2)ccc1Oc1ccc(F)cc1. The fraction of sp³-hybridized carbons (Fsp3) is 0.381. The Balaban J connectivity index is 1.65. The van der Waals surface area contributed by atoms with Crippen molar-refractivity contribution in [3.05, 3.63) is 48.3 Å². The maximum absolute atomic E-state index is 13.2. The number of benzene rings is 2. The molecule has 0 bridgehead atoms. The van der Waals surface area contributed by atoms with Crippen LogP contribution < -0.4 is 10.1 Å². The molecule has 4 rings (SSSR count). The highest BCUT2D eigenvalue weighted by Crippen LogP contribution is 2.40. The molecule has 1 aliphatic carbocycles. The predicted octanol–water partition coefficient (Wildman–Crippen LogP) is 3.23. The lowest BCUT2D eigenvalue weighted by molar-refractivity contribution is -0.117. The van der Waals surface area contributed by atoms with Crippen molar-refractivity contribution in [3.63, 3.8) is 0 Å². The molecule has 160 valence electrons. The van der Waals surface area contributed by atoms with Crippen LogP contribution in [-0.4, -0.2) is 44.9 Å². The summed E-state index contributed by atoms with van der Waals surface area (Å²) in [6.07, 6.45) is 0.797. The number of halogens is 1. The van der Waals surface area contributed by atoms with Gasteiger partial charge in [-0.25, -0.2) is 12.8 Å². The zero-order valence-corrected chi connectivity index (χ0v) is 17.3. The third-order valence-corrected chi connectivity index (χ3v) is 7.20. The normalized spacial score (nSPS) is 21.8. The lowest BCUT2D eigenvalue weighted by Gasteiger charge is -2.26. The Kier molecular flexibility index (Phi) is 5.77. The summed E-state index contributed by atoms with van der Waals surface area (Å²) in [7, 11) is -3.73. The molecule has 2 fully saturated rings. The van der Waals surface area contributed by atoms with Gasteiger partial charge >= 0.3 is 0 Å². The van der Waals surface area contributed by atoms with Crippen molar-refractivity contribution in [1.29, 1.82) is 0 Å². The number of anilines is 1. The van der Waals surface area contributed by atoms with Crippen LogP contribution in [0.25, 0.3) is 0 Å². The van der Waals surface area contributed by atoms with Crippen LogP contribution in [0.15, 0.2) is 47.4 Å². The third-order valence-electron chi connectivity index (χ3n) is 5.30. The lowest BCUT2D eigenvalue weighted by Crippen LogP contribution is -2.40. The highest BCUT2D eigenvalue weighted by atomic mass is 32.2. The van der Waals surface area contributed by atoms with Crippen molar-refractivity contribution in [2.75, 3.05) is 31.6 Å². The number of carbonyl (C=O) groups excluding carboxylic acids is 1. The first-order valence-electron chi connectivity index (χ1n) is 9.81. The van der Waals surface area contributed by atoms with Crippen molar-refractivity contribution < 1.29 is 27.1 Å². The highest BCUT2D eigenvalue weighted by molar-refractivity contribution is 7.89. The van der Waals surface area contributed by atoms with Crippen LogP contribution in [-0.2, 0) is 19.6 Å². The quantitative estimate of drug-likeness (QED) is 0.755. The molecule has 9 heteroatoms. The third kappa shape index (κ3) is 4.48. The van der Waals surface area contributed by atoms with E-state index in [1.165, 1.54) is 46.8 Å². The van der Waals surface area contributed by atoms with Crippen molar-refractivity contribution >= 4 is 21.6 Å². The van der Waals surface area contributed by atoms with E-state index in [-0.39, 0.29) is 41.2 Å². The molecule has 2 aromatic carbocycles. The van der Waals surface area contributed by atoms with Crippen molar-refractivity contribution in [2.24, 2.45) is 11.8 Å². The van der Waals surface area contributed by atoms with Crippen LogP contribution >= 0.6 is 0 Å². The Morgan fingerprint density at radius 1 is 1.17 bits per heavy atom. The van der Waals surface area contributed by atoms with E-state index in [1.807, 2.05) is 6.92 Å². The zero-order chi connectivity index (χ0) is 21.3. The van der Waals surface area contributed by atoms with Gasteiger partial charge in [-0.2, -0.15) is 4.31 Å². The van der Waals surface area contributed by atoms with Crippen molar-refractivity contribution in [1.82, 2.24) is 4.31 Å². The Morgan fingerprint density at radius 2 is 1.83 bits per heavy atom. The van der Waals surface area contributed by atoms with E-state index in [4.69, 9.17) is 9.47 Å². The van der Waals surface area contributed by atoms with Gasteiger partial charge in [-0.15, -0.1) is 0 Å². The molecule has 30 heavy (non-hydrogen) atoms. The molecule has 7 nitrogen and oxygen atoms in total. The summed E-state index contributed by atoms with van der Waals surface area (Å²) in [5.74, 6) is 0.285. The number of nitrogens with zero attached hydrogens (tertiary/aromatic N) is 1. The van der Waals surface area contributed by atoms with E-state index in [2.05, 4.69) is 5.32 Å². The molecule has 2 aliphatic rings. The van der Waals surface area contributed by atoms with Gasteiger partial charge in [0.05, 0.1) is 23.8 Å². The standard InChI is InChI=1S/C21H23FN2O5S/c1-14-12-18(14)21(25)23-19-13-17(30(26,27)24-8-10-28-11-9-24)6-7-20(19)29-16-4-2-15(22)3-5-16/h2-7,13-14,18H,8-12H2,1H3,(H,23,25)/t14-,18-/m1/s1. The smallest absolute Gasteiger partial charge is 0.243 e. The van der Waals surface area contributed by atoms with Gasteiger partial charge in [-0.05, 0) is 54.8 Å². The number of hydrogen-bond donors (Lipinski definition) is 1. The molecular formula is C21H23FN2O5S. The van der Waals surface area contributed by atoms with Crippen LogP contribution in [0, 0.1) is 17.7 Å². The van der Waals surface area contributed by atoms with Gasteiger partial charge in [0, 0.05) is 19.0 Å². The van der Waals surface area contributed by atoms with Crippen LogP contribution in [0.4, 0.5) is 10.1 Å². The van der Waals surface area contributed by atoms with Gasteiger partial charge in [0.15, 0.2) is 5.75 Å². The van der Waals surface area contributed by atoms with E-state index in [1.54, 1.807) is 0 Å². The van der Waals surface area contributed by atoms with Crippen LogP contribution in [0.1, 0.15) is 13.3 Å². The number of nitrogens with one attached hydrogen (secondary N) is 1. The maximum atomic E-state index is 13.2. The first kappa shape index (κ1) is 20.8. The number of carbonyl (C=O) groups is 1. The molecule has 0 aromatic heterocycles. The van der Waals surface area contributed by atoms with Crippen molar-refractivity contribution in [3.8, 4) is 11.5 Å². The predicted molar refractivity (Wildman–Crippen MR) is 108 cm³/mol. The zero-order valence-electron chi connectivity index (χ0n) is 16.5. The molecule has 1 saturated heterocycles. The minimum atomic E-state index is -3.73. The molecule has 0 spiro atoms. The maximum Gasteiger partial charge on any atom is 0.243 e. The van der Waals surface area contributed by atoms with Gasteiger partial charge < -0.3 is 14.8 Å². The minimum Gasteiger partial charge on any atom is -0.455 e. The summed E-state index contributed by atoms with van der Waals surface area (Å²) in [5, 5.41) is 2.80. The Bertz CT molecular complexity index is 1040. The summed E-state index contributed by atoms with van der Waals surface area (Å²) in [5.41, 5.74) is 0.262. The first-order chi connectivity index (χ1) is 14.3. The molecule has 1 amide bonds. The number of amides is 1. The highest BCUT2D eigenvalue weighted by Gasteiger charge is 2.39. The van der Waals surface area contributed by atoms with Gasteiger partial charge in [-0.1, -0.05) is 6.92 Å². The molecule has 1 aliphatic heterocycles. The molecular weight excluding hydrogens is 411 g/mol. The number of rotatable bonds is 6. The fourth-order valence-corrected chi connectivity index (χ4v) is 4.77. The van der Waals surface area contributed by atoms with Gasteiger partial charge in [-0.3, -0.25) is 4.79 Å². The number of sulfonamides is 1. The van der Waals surface area contributed by atoms with E-state index in [0.29, 0.717) is 24.9 Å². The molecule has 2 atom stereocenters. The van der Waals surface area contributed by atoms with Crippen LogP contribution in [0.3, 0.4) is 0 Å². The number of ether oxygens (including phenoxy) is 2. The van der Waals surface area contributed by atoms with Crippen LogP contribution in [0.5, 0.6) is 11.5 Å². The van der Waals surface area contributed by atoms with Crippen LogP contribution in [0.2, 0.25) is 0 Å². The Morgan fingerprint density at radius 3 is 2.47 bits per heavy atom. The van der Waals surface area contributed by atoms with E-state index < -0.39 is 15.8 Å². The average molecular weight is 434 g/mol. The average Bonchev–Trinajstić information content (AvgIpc) is 3.48. The molecule has 0 unspecified atom stereocenters. The first-order valence-corrected chi connectivity index (χ1v) is 11.2. The molecule has 1 heterocycles.